The quantitative estimate of drug-likeness (QED) is 0.576. The van der Waals surface area contributed by atoms with Crippen molar-refractivity contribution in [2.24, 2.45) is 35.5 Å². The summed E-state index contributed by atoms with van der Waals surface area (Å²) in [6.45, 7) is 0. The van der Waals surface area contributed by atoms with E-state index in [2.05, 4.69) is 27.8 Å². The molecule has 2 aromatic rings. The van der Waals surface area contributed by atoms with E-state index >= 15 is 0 Å². The number of benzene rings is 1. The van der Waals surface area contributed by atoms with Crippen LogP contribution >= 0.6 is 0 Å². The number of rotatable bonds is 2. The van der Waals surface area contributed by atoms with Crippen molar-refractivity contribution in [1.29, 1.82) is 0 Å². The molecule has 1 aromatic heterocycles. The van der Waals surface area contributed by atoms with Crippen LogP contribution in [-0.2, 0) is 9.59 Å². The Labute approximate surface area is 169 Å². The molecule has 5 heteroatoms. The lowest BCUT2D eigenvalue weighted by Gasteiger charge is -2.37. The van der Waals surface area contributed by atoms with Gasteiger partial charge in [-0.15, -0.1) is 0 Å². The van der Waals surface area contributed by atoms with Gasteiger partial charge in [-0.2, -0.15) is 0 Å². The summed E-state index contributed by atoms with van der Waals surface area (Å²) in [5, 5.41) is 0. The van der Waals surface area contributed by atoms with Crippen LogP contribution < -0.4 is 4.90 Å². The maximum absolute atomic E-state index is 13.3. The summed E-state index contributed by atoms with van der Waals surface area (Å²) in [5.74, 6) is 1.55. The topological polar surface area (TPSA) is 55.2 Å². The number of nitrogens with zero attached hydrogens (tertiary/aromatic N) is 3. The van der Waals surface area contributed by atoms with Gasteiger partial charge in [0.15, 0.2) is 0 Å². The zero-order valence-corrected chi connectivity index (χ0v) is 16.4. The predicted molar refractivity (Wildman–Crippen MR) is 109 cm³/mol. The molecule has 3 saturated carbocycles. The van der Waals surface area contributed by atoms with Gasteiger partial charge in [-0.1, -0.05) is 31.4 Å². The molecule has 0 unspecified atom stereocenters. The van der Waals surface area contributed by atoms with Crippen molar-refractivity contribution in [1.82, 2.24) is 9.55 Å². The molecule has 5 aliphatic carbocycles. The van der Waals surface area contributed by atoms with Gasteiger partial charge in [0, 0.05) is 6.04 Å². The second-order valence-corrected chi connectivity index (χ2v) is 9.78. The third-order valence-electron chi connectivity index (χ3n) is 8.45. The highest BCUT2D eigenvalue weighted by atomic mass is 16.2. The zero-order chi connectivity index (χ0) is 19.3. The maximum Gasteiger partial charge on any atom is 0.238 e. The number of carbonyl (C=O) groups is 2. The molecule has 2 amide bonds. The smallest absolute Gasteiger partial charge is 0.238 e. The Balaban J connectivity index is 1.25. The molecule has 6 atom stereocenters. The van der Waals surface area contributed by atoms with Crippen LogP contribution in [0.5, 0.6) is 0 Å². The van der Waals surface area contributed by atoms with Gasteiger partial charge < -0.3 is 4.57 Å². The van der Waals surface area contributed by atoms with Gasteiger partial charge >= 0.3 is 0 Å². The molecule has 0 radical (unpaired) electrons. The minimum atomic E-state index is -0.142. The third-order valence-corrected chi connectivity index (χ3v) is 8.45. The first-order chi connectivity index (χ1) is 14.2. The fourth-order valence-electron chi connectivity index (χ4n) is 7.02. The number of carbonyl (C=O) groups excluding carboxylic acids is 2. The van der Waals surface area contributed by atoms with Crippen LogP contribution in [0.1, 0.15) is 44.6 Å². The van der Waals surface area contributed by atoms with Crippen molar-refractivity contribution >= 4 is 28.5 Å². The van der Waals surface area contributed by atoms with Gasteiger partial charge in [0.25, 0.3) is 0 Å². The molecule has 29 heavy (non-hydrogen) atoms. The first-order valence-corrected chi connectivity index (χ1v) is 11.2. The Bertz CT molecular complexity index is 1040. The molecule has 8 rings (SSSR count). The maximum atomic E-state index is 13.3. The fourth-order valence-corrected chi connectivity index (χ4v) is 7.02. The molecule has 148 valence electrons. The first kappa shape index (κ1) is 16.4. The number of hydrogen-bond acceptors (Lipinski definition) is 3. The predicted octanol–water partition coefficient (Wildman–Crippen LogP) is 4.10. The zero-order valence-electron chi connectivity index (χ0n) is 16.4. The number of amides is 2. The number of imide groups is 1. The molecular formula is C24H25N3O2. The Hall–Kier alpha value is -2.43. The van der Waals surface area contributed by atoms with Crippen molar-refractivity contribution in [2.75, 3.05) is 4.90 Å². The van der Waals surface area contributed by atoms with Crippen LogP contribution in [0, 0.1) is 35.5 Å². The summed E-state index contributed by atoms with van der Waals surface area (Å²) in [4.78, 5) is 32.8. The van der Waals surface area contributed by atoms with Gasteiger partial charge in [-0.25, -0.2) is 9.88 Å². The highest BCUT2D eigenvalue weighted by molar-refractivity contribution is 6.23. The van der Waals surface area contributed by atoms with Crippen molar-refractivity contribution in [3.63, 3.8) is 0 Å². The van der Waals surface area contributed by atoms with Gasteiger partial charge in [0.1, 0.15) is 0 Å². The van der Waals surface area contributed by atoms with Gasteiger partial charge in [0.05, 0.1) is 34.9 Å². The summed E-state index contributed by atoms with van der Waals surface area (Å²) in [6, 6.07) is 6.47. The minimum absolute atomic E-state index is 0.00997. The lowest BCUT2D eigenvalue weighted by atomic mass is 9.63. The molecule has 1 aliphatic heterocycles. The monoisotopic (exact) mass is 387 g/mol. The van der Waals surface area contributed by atoms with E-state index in [9.17, 15) is 9.59 Å². The highest BCUT2D eigenvalue weighted by Crippen LogP contribution is 2.65. The van der Waals surface area contributed by atoms with E-state index in [1.165, 1.54) is 43.4 Å². The molecule has 6 aliphatic rings. The largest absolute Gasteiger partial charge is 0.327 e. The van der Waals surface area contributed by atoms with Gasteiger partial charge in [-0.05, 0) is 61.1 Å². The number of imidazole rings is 1. The Kier molecular flexibility index (Phi) is 3.15. The van der Waals surface area contributed by atoms with Crippen LogP contribution in [0.25, 0.3) is 11.0 Å². The second kappa shape index (κ2) is 5.59. The highest BCUT2D eigenvalue weighted by Gasteiger charge is 2.67. The molecule has 1 saturated heterocycles. The number of aromatic nitrogens is 2. The fraction of sp³-hybridized carbons (Fsp3) is 0.542. The molecule has 2 bridgehead atoms. The summed E-state index contributed by atoms with van der Waals surface area (Å²) >= 11 is 0. The van der Waals surface area contributed by atoms with Gasteiger partial charge in [0.2, 0.25) is 11.8 Å². The van der Waals surface area contributed by atoms with Crippen molar-refractivity contribution < 1.29 is 9.59 Å². The molecule has 4 fully saturated rings. The van der Waals surface area contributed by atoms with E-state index in [1.807, 2.05) is 18.5 Å². The van der Waals surface area contributed by atoms with Crippen molar-refractivity contribution in [2.45, 2.75) is 44.6 Å². The number of fused-ring (bicyclic) bond motifs is 1. The molecule has 0 spiro atoms. The Morgan fingerprint density at radius 1 is 0.897 bits per heavy atom. The van der Waals surface area contributed by atoms with Crippen LogP contribution in [0.15, 0.2) is 36.7 Å². The Morgan fingerprint density at radius 2 is 1.59 bits per heavy atom. The van der Waals surface area contributed by atoms with Gasteiger partial charge in [-0.3, -0.25) is 9.59 Å². The SMILES string of the molecule is O=C1[C@@H]2[C@H]3C=C[C@@H]([C@@H]4C[C@H]34)[C@H]2C(=O)N1c1ccc2c(c1)ncn2C1CCCCC1. The average Bonchev–Trinajstić information content (AvgIpc) is 3.42. The molecule has 5 nitrogen and oxygen atoms in total. The van der Waals surface area contributed by atoms with Crippen LogP contribution in [0.2, 0.25) is 0 Å². The third kappa shape index (κ3) is 2.08. The lowest BCUT2D eigenvalue weighted by Crippen LogP contribution is -2.40. The van der Waals surface area contributed by atoms with Crippen LogP contribution in [-0.4, -0.2) is 21.4 Å². The van der Waals surface area contributed by atoms with E-state index in [-0.39, 0.29) is 35.5 Å². The van der Waals surface area contributed by atoms with E-state index in [0.29, 0.717) is 23.6 Å². The summed E-state index contributed by atoms with van der Waals surface area (Å²) < 4.78 is 2.29. The normalized spacial score (nSPS) is 38.0. The number of hydrogen-bond donors (Lipinski definition) is 0. The second-order valence-electron chi connectivity index (χ2n) is 9.78. The first-order valence-electron chi connectivity index (χ1n) is 11.2. The van der Waals surface area contributed by atoms with E-state index < -0.39 is 0 Å². The summed E-state index contributed by atoms with van der Waals surface area (Å²) in [5.41, 5.74) is 2.69. The standard InChI is InChI=1S/C24H25N3O2/c28-23-21-15-7-8-16(18-11-17(15)18)22(21)24(29)27(23)14-6-9-20-19(10-14)25-12-26(20)13-4-2-1-3-5-13/h6-10,12-13,15-18,21-22H,1-5,11H2/t15-,16-,17-,18+,21+,22+/m0/s1. The molecule has 1 aromatic carbocycles. The molecule has 0 N–H and O–H groups in total. The minimum Gasteiger partial charge on any atom is -0.327 e. The summed E-state index contributed by atoms with van der Waals surface area (Å²) in [7, 11) is 0. The summed E-state index contributed by atoms with van der Waals surface area (Å²) in [6.07, 6.45) is 13.9. The lowest BCUT2D eigenvalue weighted by molar-refractivity contribution is -0.124. The van der Waals surface area contributed by atoms with E-state index in [0.717, 1.165) is 11.0 Å². The Morgan fingerprint density at radius 3 is 2.28 bits per heavy atom. The number of anilines is 1. The molecular weight excluding hydrogens is 362 g/mol. The van der Waals surface area contributed by atoms with E-state index in [1.54, 1.807) is 0 Å². The number of allylic oxidation sites excluding steroid dienone is 2. The van der Waals surface area contributed by atoms with Crippen molar-refractivity contribution in [3.05, 3.63) is 36.7 Å². The van der Waals surface area contributed by atoms with Crippen LogP contribution in [0.3, 0.4) is 0 Å². The van der Waals surface area contributed by atoms with Crippen molar-refractivity contribution in [3.8, 4) is 0 Å². The average molecular weight is 387 g/mol. The molecule has 2 heterocycles. The van der Waals surface area contributed by atoms with E-state index in [4.69, 9.17) is 0 Å². The van der Waals surface area contributed by atoms with Crippen LogP contribution in [0.4, 0.5) is 5.69 Å².